The Morgan fingerprint density at radius 3 is 2.65 bits per heavy atom. The van der Waals surface area contributed by atoms with E-state index in [2.05, 4.69) is 25.0 Å². The van der Waals surface area contributed by atoms with Gasteiger partial charge in [0, 0.05) is 25.6 Å². The van der Waals surface area contributed by atoms with E-state index in [9.17, 15) is 4.79 Å². The molecule has 0 N–H and O–H groups in total. The number of hydrogen-bond acceptors (Lipinski definition) is 2. The van der Waals surface area contributed by atoms with Crippen molar-refractivity contribution in [1.82, 2.24) is 9.78 Å². The molecule has 1 heterocycles. The monoisotopic (exact) mass is 232 g/mol. The lowest BCUT2D eigenvalue weighted by atomic mass is 9.76. The fourth-order valence-corrected chi connectivity index (χ4v) is 2.65. The van der Waals surface area contributed by atoms with Crippen LogP contribution in [0.4, 0.5) is 0 Å². The molecule has 1 aliphatic carbocycles. The zero-order valence-corrected chi connectivity index (χ0v) is 11.1. The molecule has 0 saturated heterocycles. The molecule has 0 unspecified atom stereocenters. The normalized spacial score (nSPS) is 19.3. The molecular formula is C14H20N2O. The quantitative estimate of drug-likeness (QED) is 0.785. The second kappa shape index (κ2) is 4.13. The number of nitrogens with zero attached hydrogens (tertiary/aromatic N) is 2. The smallest absolute Gasteiger partial charge is 0.156 e. The van der Waals surface area contributed by atoms with Crippen LogP contribution in [0.15, 0.2) is 17.7 Å². The molecule has 2 rings (SSSR count). The van der Waals surface area contributed by atoms with Crippen molar-refractivity contribution in [2.24, 2.45) is 12.5 Å². The molecule has 0 aromatic carbocycles. The first-order valence-electron chi connectivity index (χ1n) is 6.07. The van der Waals surface area contributed by atoms with E-state index in [1.807, 2.05) is 24.7 Å². The highest BCUT2D eigenvalue weighted by atomic mass is 16.1. The zero-order valence-electron chi connectivity index (χ0n) is 11.1. The Morgan fingerprint density at radius 1 is 1.41 bits per heavy atom. The third-order valence-corrected chi connectivity index (χ3v) is 3.23. The number of carbonyl (C=O) groups excluding carboxylic acids is 1. The topological polar surface area (TPSA) is 34.9 Å². The lowest BCUT2D eigenvalue weighted by Crippen LogP contribution is -2.22. The van der Waals surface area contributed by atoms with Crippen LogP contribution >= 0.6 is 0 Å². The maximum absolute atomic E-state index is 11.7. The van der Waals surface area contributed by atoms with Gasteiger partial charge in [-0.2, -0.15) is 5.10 Å². The molecule has 3 heteroatoms. The Bertz CT molecular complexity index is 480. The number of hydrogen-bond donors (Lipinski definition) is 0. The first-order valence-corrected chi connectivity index (χ1v) is 6.07. The number of aromatic nitrogens is 2. The molecule has 0 saturated carbocycles. The molecule has 0 aliphatic heterocycles. The predicted molar refractivity (Wildman–Crippen MR) is 67.8 cm³/mol. The van der Waals surface area contributed by atoms with E-state index in [0.717, 1.165) is 18.5 Å². The summed E-state index contributed by atoms with van der Waals surface area (Å²) in [4.78, 5) is 11.7. The van der Waals surface area contributed by atoms with Crippen molar-refractivity contribution in [1.29, 1.82) is 0 Å². The van der Waals surface area contributed by atoms with Gasteiger partial charge < -0.3 is 0 Å². The first-order chi connectivity index (χ1) is 7.85. The molecule has 1 aliphatic rings. The van der Waals surface area contributed by atoms with Crippen LogP contribution in [0.3, 0.4) is 0 Å². The van der Waals surface area contributed by atoms with E-state index < -0.39 is 0 Å². The fourth-order valence-electron chi connectivity index (χ4n) is 2.65. The van der Waals surface area contributed by atoms with Crippen LogP contribution in [-0.4, -0.2) is 15.6 Å². The largest absolute Gasteiger partial charge is 0.295 e. The molecule has 0 amide bonds. The van der Waals surface area contributed by atoms with Crippen molar-refractivity contribution in [3.8, 4) is 0 Å². The summed E-state index contributed by atoms with van der Waals surface area (Å²) >= 11 is 0. The third-order valence-electron chi connectivity index (χ3n) is 3.23. The first kappa shape index (κ1) is 12.1. The Morgan fingerprint density at radius 2 is 2.12 bits per heavy atom. The minimum Gasteiger partial charge on any atom is -0.295 e. The summed E-state index contributed by atoms with van der Waals surface area (Å²) in [5, 5.41) is 4.34. The van der Waals surface area contributed by atoms with Crippen molar-refractivity contribution in [2.45, 2.75) is 40.0 Å². The minimum atomic E-state index is 0.106. The van der Waals surface area contributed by atoms with Crippen molar-refractivity contribution in [2.75, 3.05) is 0 Å². The predicted octanol–water partition coefficient (Wildman–Crippen LogP) is 2.59. The van der Waals surface area contributed by atoms with Gasteiger partial charge in [-0.05, 0) is 30.9 Å². The Hall–Kier alpha value is -1.38. The van der Waals surface area contributed by atoms with Crippen molar-refractivity contribution in [3.63, 3.8) is 0 Å². The van der Waals surface area contributed by atoms with Crippen LogP contribution in [0.2, 0.25) is 0 Å². The SMILES string of the molecule is Cc1cc(CC2=CC(=O)CC(C)(C)C2)n(C)n1. The highest BCUT2D eigenvalue weighted by molar-refractivity contribution is 5.91. The lowest BCUT2D eigenvalue weighted by Gasteiger charge is -2.28. The van der Waals surface area contributed by atoms with Gasteiger partial charge in [0.15, 0.2) is 5.78 Å². The van der Waals surface area contributed by atoms with Crippen molar-refractivity contribution in [3.05, 3.63) is 29.1 Å². The van der Waals surface area contributed by atoms with Crippen LogP contribution in [0, 0.1) is 12.3 Å². The summed E-state index contributed by atoms with van der Waals surface area (Å²) in [6.07, 6.45) is 4.34. The molecule has 0 atom stereocenters. The maximum atomic E-state index is 11.7. The summed E-state index contributed by atoms with van der Waals surface area (Å²) in [7, 11) is 1.96. The van der Waals surface area contributed by atoms with Gasteiger partial charge in [0.25, 0.3) is 0 Å². The van der Waals surface area contributed by atoms with Crippen LogP contribution in [-0.2, 0) is 18.3 Å². The summed E-state index contributed by atoms with van der Waals surface area (Å²) < 4.78 is 1.91. The average molecular weight is 232 g/mol. The molecule has 3 nitrogen and oxygen atoms in total. The van der Waals surface area contributed by atoms with Crippen LogP contribution < -0.4 is 0 Å². The molecule has 0 spiro atoms. The van der Waals surface area contributed by atoms with E-state index >= 15 is 0 Å². The van der Waals surface area contributed by atoms with Gasteiger partial charge in [0.2, 0.25) is 0 Å². The Balaban J connectivity index is 2.19. The standard InChI is InChI=1S/C14H20N2O/c1-10-5-12(16(4)15-10)6-11-7-13(17)9-14(2,3)8-11/h5,7H,6,8-9H2,1-4H3. The van der Waals surface area contributed by atoms with E-state index in [0.29, 0.717) is 6.42 Å². The highest BCUT2D eigenvalue weighted by Gasteiger charge is 2.27. The molecule has 17 heavy (non-hydrogen) atoms. The van der Waals surface area contributed by atoms with Crippen molar-refractivity contribution >= 4 is 5.78 Å². The number of ketones is 1. The average Bonchev–Trinajstić information content (AvgIpc) is 2.41. The zero-order chi connectivity index (χ0) is 12.6. The molecular weight excluding hydrogens is 212 g/mol. The minimum absolute atomic E-state index is 0.106. The highest BCUT2D eigenvalue weighted by Crippen LogP contribution is 2.34. The number of allylic oxidation sites excluding steroid dienone is 2. The maximum Gasteiger partial charge on any atom is 0.156 e. The van der Waals surface area contributed by atoms with Crippen LogP contribution in [0.1, 0.15) is 38.1 Å². The molecule has 92 valence electrons. The van der Waals surface area contributed by atoms with Gasteiger partial charge in [0.05, 0.1) is 5.69 Å². The number of rotatable bonds is 2. The van der Waals surface area contributed by atoms with Gasteiger partial charge in [-0.25, -0.2) is 0 Å². The Labute approximate surface area is 103 Å². The van der Waals surface area contributed by atoms with E-state index in [4.69, 9.17) is 0 Å². The molecule has 0 bridgehead atoms. The van der Waals surface area contributed by atoms with E-state index in [1.54, 1.807) is 0 Å². The summed E-state index contributed by atoms with van der Waals surface area (Å²) in [6.45, 7) is 6.31. The third kappa shape index (κ3) is 2.84. The van der Waals surface area contributed by atoms with Gasteiger partial charge in [0.1, 0.15) is 0 Å². The Kier molecular flexibility index (Phi) is 2.94. The fraction of sp³-hybridized carbons (Fsp3) is 0.571. The van der Waals surface area contributed by atoms with Gasteiger partial charge >= 0.3 is 0 Å². The van der Waals surface area contributed by atoms with Crippen LogP contribution in [0.5, 0.6) is 0 Å². The summed E-state index contributed by atoms with van der Waals surface area (Å²) in [5.74, 6) is 0.259. The second-order valence-corrected chi connectivity index (χ2v) is 5.86. The summed E-state index contributed by atoms with van der Waals surface area (Å²) in [5.41, 5.74) is 3.55. The molecule has 1 aromatic rings. The van der Waals surface area contributed by atoms with Gasteiger partial charge in [-0.15, -0.1) is 0 Å². The van der Waals surface area contributed by atoms with E-state index in [-0.39, 0.29) is 11.2 Å². The van der Waals surface area contributed by atoms with Crippen LogP contribution in [0.25, 0.3) is 0 Å². The van der Waals surface area contributed by atoms with Gasteiger partial charge in [-0.1, -0.05) is 19.4 Å². The lowest BCUT2D eigenvalue weighted by molar-refractivity contribution is -0.117. The molecule has 0 fully saturated rings. The molecule has 0 radical (unpaired) electrons. The van der Waals surface area contributed by atoms with Gasteiger partial charge in [-0.3, -0.25) is 9.48 Å². The number of aryl methyl sites for hydroxylation is 2. The molecule has 1 aromatic heterocycles. The number of carbonyl (C=O) groups is 1. The second-order valence-electron chi connectivity index (χ2n) is 5.86. The van der Waals surface area contributed by atoms with Crippen molar-refractivity contribution < 1.29 is 4.79 Å². The summed E-state index contributed by atoms with van der Waals surface area (Å²) in [6, 6.07) is 2.09. The van der Waals surface area contributed by atoms with E-state index in [1.165, 1.54) is 11.3 Å².